The van der Waals surface area contributed by atoms with Gasteiger partial charge < -0.3 is 5.32 Å². The Kier molecular flexibility index (Phi) is 6.37. The maximum Gasteiger partial charge on any atom is 0.0648 e. The molecule has 2 aromatic rings. The zero-order valence-electron chi connectivity index (χ0n) is 12.5. The molecule has 0 heterocycles. The Bertz CT molecular complexity index is 580. The number of anilines is 1. The van der Waals surface area contributed by atoms with Crippen molar-refractivity contribution in [1.29, 1.82) is 0 Å². The first-order valence-corrected chi connectivity index (χ1v) is 8.86. The monoisotopic (exact) mass is 413 g/mol. The third kappa shape index (κ3) is 4.89. The van der Waals surface area contributed by atoms with Gasteiger partial charge in [-0.1, -0.05) is 49.2 Å². The Labute approximate surface area is 146 Å². The van der Waals surface area contributed by atoms with Crippen molar-refractivity contribution in [3.8, 4) is 0 Å². The van der Waals surface area contributed by atoms with Gasteiger partial charge in [0.05, 0.1) is 10.7 Å². The van der Waals surface area contributed by atoms with Gasteiger partial charge in [0.2, 0.25) is 0 Å². The molecular weight excluding hydrogens is 393 g/mol. The molecule has 1 atom stereocenters. The highest BCUT2D eigenvalue weighted by atomic mass is 127. The molecule has 2 aromatic carbocycles. The summed E-state index contributed by atoms with van der Waals surface area (Å²) < 4.78 is 1.15. The summed E-state index contributed by atoms with van der Waals surface area (Å²) in [5.41, 5.74) is 3.68. The van der Waals surface area contributed by atoms with Crippen LogP contribution in [0.1, 0.15) is 43.9 Å². The molecule has 0 saturated carbocycles. The van der Waals surface area contributed by atoms with Crippen molar-refractivity contribution in [2.75, 3.05) is 5.32 Å². The lowest BCUT2D eigenvalue weighted by atomic mass is 10.0. The predicted octanol–water partition coefficient (Wildman–Crippen LogP) is 6.46. The van der Waals surface area contributed by atoms with Crippen molar-refractivity contribution in [2.24, 2.45) is 0 Å². The second-order valence-corrected chi connectivity index (χ2v) is 6.99. The van der Waals surface area contributed by atoms with Crippen LogP contribution in [0.25, 0.3) is 0 Å². The molecule has 0 aliphatic heterocycles. The minimum absolute atomic E-state index is 0.239. The van der Waals surface area contributed by atoms with Crippen LogP contribution in [0.5, 0.6) is 0 Å². The summed E-state index contributed by atoms with van der Waals surface area (Å²) in [5, 5.41) is 4.25. The van der Waals surface area contributed by atoms with Gasteiger partial charge in [-0.05, 0) is 71.7 Å². The Morgan fingerprint density at radius 3 is 2.48 bits per heavy atom. The Morgan fingerprint density at radius 1 is 1.14 bits per heavy atom. The molecule has 0 amide bonds. The van der Waals surface area contributed by atoms with E-state index in [1.54, 1.807) is 0 Å². The van der Waals surface area contributed by atoms with E-state index in [4.69, 9.17) is 11.6 Å². The lowest BCUT2D eigenvalue weighted by Crippen LogP contribution is -2.07. The van der Waals surface area contributed by atoms with E-state index in [0.717, 1.165) is 14.3 Å². The van der Waals surface area contributed by atoms with Crippen LogP contribution in [0, 0.1) is 3.57 Å². The van der Waals surface area contributed by atoms with Gasteiger partial charge in [-0.3, -0.25) is 0 Å². The van der Waals surface area contributed by atoms with Gasteiger partial charge in [0.1, 0.15) is 0 Å². The zero-order valence-corrected chi connectivity index (χ0v) is 15.4. The average molecular weight is 414 g/mol. The molecule has 0 saturated heterocycles. The molecule has 0 aliphatic rings. The van der Waals surface area contributed by atoms with Crippen molar-refractivity contribution in [2.45, 2.75) is 39.2 Å². The highest BCUT2D eigenvalue weighted by molar-refractivity contribution is 14.1. The highest BCUT2D eigenvalue weighted by Crippen LogP contribution is 2.27. The summed E-state index contributed by atoms with van der Waals surface area (Å²) in [7, 11) is 0. The molecule has 3 heteroatoms. The zero-order chi connectivity index (χ0) is 15.2. The Morgan fingerprint density at radius 2 is 1.86 bits per heavy atom. The van der Waals surface area contributed by atoms with Crippen LogP contribution < -0.4 is 5.32 Å². The van der Waals surface area contributed by atoms with Gasteiger partial charge in [0.25, 0.3) is 0 Å². The van der Waals surface area contributed by atoms with Gasteiger partial charge in [-0.2, -0.15) is 0 Å². The molecular formula is C18H21ClIN. The van der Waals surface area contributed by atoms with Crippen molar-refractivity contribution >= 4 is 39.9 Å². The van der Waals surface area contributed by atoms with Crippen molar-refractivity contribution < 1.29 is 0 Å². The number of hydrogen-bond acceptors (Lipinski definition) is 1. The average Bonchev–Trinajstić information content (AvgIpc) is 2.48. The third-order valence-corrected chi connectivity index (χ3v) is 4.59. The quantitative estimate of drug-likeness (QED) is 0.536. The smallest absolute Gasteiger partial charge is 0.0648 e. The van der Waals surface area contributed by atoms with E-state index in [2.05, 4.69) is 72.1 Å². The molecule has 112 valence electrons. The van der Waals surface area contributed by atoms with E-state index >= 15 is 0 Å². The number of unbranched alkanes of at least 4 members (excludes halogenated alkanes) is 1. The van der Waals surface area contributed by atoms with Gasteiger partial charge in [0, 0.05) is 9.61 Å². The first kappa shape index (κ1) is 16.6. The molecule has 1 nitrogen and oxygen atoms in total. The molecule has 0 spiro atoms. The van der Waals surface area contributed by atoms with E-state index < -0.39 is 0 Å². The molecule has 1 unspecified atom stereocenters. The second kappa shape index (κ2) is 8.04. The summed E-state index contributed by atoms with van der Waals surface area (Å²) in [6, 6.07) is 15.2. The van der Waals surface area contributed by atoms with Crippen LogP contribution in [0.15, 0.2) is 42.5 Å². The summed E-state index contributed by atoms with van der Waals surface area (Å²) in [5.74, 6) is 0. The number of aryl methyl sites for hydroxylation is 1. The molecule has 0 aliphatic carbocycles. The largest absolute Gasteiger partial charge is 0.377 e. The van der Waals surface area contributed by atoms with E-state index in [9.17, 15) is 0 Å². The van der Waals surface area contributed by atoms with Crippen LogP contribution >= 0.6 is 34.2 Å². The molecule has 0 radical (unpaired) electrons. The normalized spacial score (nSPS) is 12.2. The van der Waals surface area contributed by atoms with Gasteiger partial charge in [-0.25, -0.2) is 0 Å². The van der Waals surface area contributed by atoms with Crippen molar-refractivity contribution in [3.63, 3.8) is 0 Å². The van der Waals surface area contributed by atoms with Crippen molar-refractivity contribution in [3.05, 3.63) is 62.2 Å². The molecule has 0 fully saturated rings. The first-order chi connectivity index (χ1) is 10.1. The van der Waals surface area contributed by atoms with E-state index in [0.29, 0.717) is 0 Å². The number of rotatable bonds is 6. The fourth-order valence-corrected chi connectivity index (χ4v) is 3.19. The summed E-state index contributed by atoms with van der Waals surface area (Å²) in [6.45, 7) is 4.39. The maximum absolute atomic E-state index is 6.28. The van der Waals surface area contributed by atoms with Gasteiger partial charge in [-0.15, -0.1) is 0 Å². The summed E-state index contributed by atoms with van der Waals surface area (Å²) in [4.78, 5) is 0. The second-order valence-electron chi connectivity index (χ2n) is 5.34. The lowest BCUT2D eigenvalue weighted by Gasteiger charge is -2.17. The Balaban J connectivity index is 2.04. The van der Waals surface area contributed by atoms with Crippen LogP contribution in [0.4, 0.5) is 5.69 Å². The highest BCUT2D eigenvalue weighted by Gasteiger charge is 2.08. The van der Waals surface area contributed by atoms with E-state index in [1.165, 1.54) is 30.4 Å². The first-order valence-electron chi connectivity index (χ1n) is 7.40. The fraction of sp³-hybridized carbons (Fsp3) is 0.333. The minimum atomic E-state index is 0.239. The minimum Gasteiger partial charge on any atom is -0.377 e. The molecule has 0 bridgehead atoms. The molecule has 1 N–H and O–H groups in total. The molecule has 0 aromatic heterocycles. The van der Waals surface area contributed by atoms with E-state index in [-0.39, 0.29) is 6.04 Å². The van der Waals surface area contributed by atoms with Crippen LogP contribution in [0.2, 0.25) is 5.02 Å². The predicted molar refractivity (Wildman–Crippen MR) is 101 cm³/mol. The van der Waals surface area contributed by atoms with E-state index in [1.807, 2.05) is 12.1 Å². The van der Waals surface area contributed by atoms with Crippen LogP contribution in [-0.4, -0.2) is 0 Å². The number of halogens is 2. The number of nitrogens with one attached hydrogen (secondary N) is 1. The molecule has 2 rings (SSSR count). The van der Waals surface area contributed by atoms with Crippen LogP contribution in [-0.2, 0) is 6.42 Å². The fourth-order valence-electron chi connectivity index (χ4n) is 2.28. The number of hydrogen-bond donors (Lipinski definition) is 1. The standard InChI is InChI=1S/C18H21ClIN/c1-3-4-5-14-6-8-15(9-7-14)13(2)21-18-11-10-16(20)12-17(18)19/h6-13,21H,3-5H2,1-2H3. The topological polar surface area (TPSA) is 12.0 Å². The number of benzene rings is 2. The maximum atomic E-state index is 6.28. The molecule has 21 heavy (non-hydrogen) atoms. The third-order valence-electron chi connectivity index (χ3n) is 3.60. The SMILES string of the molecule is CCCCc1ccc(C(C)Nc2ccc(I)cc2Cl)cc1. The van der Waals surface area contributed by atoms with Crippen molar-refractivity contribution in [1.82, 2.24) is 0 Å². The summed E-state index contributed by atoms with van der Waals surface area (Å²) in [6.07, 6.45) is 3.66. The van der Waals surface area contributed by atoms with Gasteiger partial charge in [0.15, 0.2) is 0 Å². The van der Waals surface area contributed by atoms with Gasteiger partial charge >= 0.3 is 0 Å². The lowest BCUT2D eigenvalue weighted by molar-refractivity contribution is 0.793. The van der Waals surface area contributed by atoms with Crippen LogP contribution in [0.3, 0.4) is 0 Å². The summed E-state index contributed by atoms with van der Waals surface area (Å²) >= 11 is 8.55. The Hall–Kier alpha value is -0.740.